The number of ether oxygens (including phenoxy) is 2. The number of nitrogens with zero attached hydrogens (tertiary/aromatic N) is 7. The topological polar surface area (TPSA) is 107 Å². The summed E-state index contributed by atoms with van der Waals surface area (Å²) in [6.07, 6.45) is 9.87. The smallest absolute Gasteiger partial charge is 0.387 e. The second-order valence-electron chi connectivity index (χ2n) is 12.6. The summed E-state index contributed by atoms with van der Waals surface area (Å²) in [6.45, 7) is 1.62. The van der Waals surface area contributed by atoms with Gasteiger partial charge in [-0.3, -0.25) is 19.2 Å². The fraction of sp³-hybridized carbons (Fsp3) is 0.378. The molecular weight excluding hydrogens is 680 g/mol. The van der Waals surface area contributed by atoms with Gasteiger partial charge in [0.05, 0.1) is 24.1 Å². The number of carbonyl (C=O) groups is 2. The van der Waals surface area contributed by atoms with Crippen molar-refractivity contribution >= 4 is 28.9 Å². The number of unbranched alkanes of at least 4 members (excludes halogenated alkanes) is 1. The van der Waals surface area contributed by atoms with Crippen LogP contribution >= 0.6 is 11.6 Å². The van der Waals surface area contributed by atoms with E-state index in [9.17, 15) is 18.4 Å². The Bertz CT molecular complexity index is 1960. The quantitative estimate of drug-likeness (QED) is 0.0884. The first-order valence-corrected chi connectivity index (χ1v) is 17.4. The number of ketones is 1. The molecule has 11 nitrogen and oxygen atoms in total. The zero-order valence-electron chi connectivity index (χ0n) is 28.6. The van der Waals surface area contributed by atoms with Gasteiger partial charge >= 0.3 is 6.61 Å². The molecule has 2 aromatic carbocycles. The number of halogens is 3. The number of alkyl halides is 2. The first-order chi connectivity index (χ1) is 24.7. The fourth-order valence-electron chi connectivity index (χ4n) is 6.32. The summed E-state index contributed by atoms with van der Waals surface area (Å²) in [4.78, 5) is 35.5. The molecule has 0 radical (unpaired) electrons. The van der Waals surface area contributed by atoms with Gasteiger partial charge in [0, 0.05) is 66.8 Å². The minimum atomic E-state index is -3.10. The largest absolute Gasteiger partial charge is 0.494 e. The van der Waals surface area contributed by atoms with Crippen molar-refractivity contribution in [3.05, 3.63) is 95.0 Å². The van der Waals surface area contributed by atoms with E-state index in [0.29, 0.717) is 35.9 Å². The third kappa shape index (κ3) is 8.89. The lowest BCUT2D eigenvalue weighted by Crippen LogP contribution is -2.46. The van der Waals surface area contributed by atoms with Crippen LogP contribution in [0.15, 0.2) is 73.3 Å². The lowest BCUT2D eigenvalue weighted by Gasteiger charge is -2.36. The minimum Gasteiger partial charge on any atom is -0.494 e. The van der Waals surface area contributed by atoms with Crippen LogP contribution < -0.4 is 9.47 Å². The normalized spacial score (nSPS) is 13.7. The number of fused-ring (bicyclic) bond motifs is 1. The highest BCUT2D eigenvalue weighted by Gasteiger charge is 2.27. The summed E-state index contributed by atoms with van der Waals surface area (Å²) >= 11 is 6.27. The van der Waals surface area contributed by atoms with Gasteiger partial charge < -0.3 is 14.4 Å². The van der Waals surface area contributed by atoms with Gasteiger partial charge in [-0.05, 0) is 68.3 Å². The van der Waals surface area contributed by atoms with E-state index in [1.54, 1.807) is 24.7 Å². The van der Waals surface area contributed by atoms with Crippen molar-refractivity contribution in [1.82, 2.24) is 34.2 Å². The van der Waals surface area contributed by atoms with Crippen LogP contribution in [0.2, 0.25) is 5.02 Å². The molecule has 1 fully saturated rings. The second-order valence-corrected chi connectivity index (χ2v) is 13.1. The van der Waals surface area contributed by atoms with Crippen molar-refractivity contribution in [1.29, 1.82) is 0 Å². The molecule has 0 spiro atoms. The van der Waals surface area contributed by atoms with Gasteiger partial charge in [-0.25, -0.2) is 9.50 Å². The highest BCUT2D eigenvalue weighted by Crippen LogP contribution is 2.35. The van der Waals surface area contributed by atoms with Gasteiger partial charge in [0.2, 0.25) is 5.91 Å². The molecule has 0 atom stereocenters. The number of aromatic nitrogens is 5. The Morgan fingerprint density at radius 2 is 1.90 bits per heavy atom. The van der Waals surface area contributed by atoms with Gasteiger partial charge in [-0.1, -0.05) is 37.1 Å². The Morgan fingerprint density at radius 3 is 2.65 bits per heavy atom. The number of benzene rings is 2. The maximum absolute atomic E-state index is 13.6. The predicted octanol–water partition coefficient (Wildman–Crippen LogP) is 6.57. The SMILES string of the molecule is CCCCOc1ccc(CN(C)C2CCN(C(=O)Cn3cc(CC(=O)c4cnn5cccnc45)c(-c4cc(Cl)ccc4OC(F)F)n3)CC2)cc1. The molecule has 1 aliphatic heterocycles. The van der Waals surface area contributed by atoms with Crippen molar-refractivity contribution in [3.63, 3.8) is 0 Å². The molecule has 6 rings (SSSR count). The maximum Gasteiger partial charge on any atom is 0.387 e. The monoisotopic (exact) mass is 719 g/mol. The van der Waals surface area contributed by atoms with E-state index < -0.39 is 6.61 Å². The number of hydrogen-bond acceptors (Lipinski definition) is 8. The number of carbonyl (C=O) groups excluding carboxylic acids is 2. The van der Waals surface area contributed by atoms with Crippen molar-refractivity contribution in [2.24, 2.45) is 0 Å². The number of amides is 1. The van der Waals surface area contributed by atoms with E-state index in [2.05, 4.69) is 46.2 Å². The first-order valence-electron chi connectivity index (χ1n) is 17.0. The number of likely N-dealkylation sites (tertiary alicyclic amines) is 1. The molecule has 0 aliphatic carbocycles. The summed E-state index contributed by atoms with van der Waals surface area (Å²) in [5.41, 5.74) is 2.67. The van der Waals surface area contributed by atoms with E-state index in [-0.39, 0.29) is 46.7 Å². The molecule has 0 N–H and O–H groups in total. The van der Waals surface area contributed by atoms with Crippen molar-refractivity contribution in [2.75, 3.05) is 26.7 Å². The number of Topliss-reactive ketones (excluding diaryl/α,β-unsaturated/α-hetero) is 1. The predicted molar refractivity (Wildman–Crippen MR) is 188 cm³/mol. The van der Waals surface area contributed by atoms with Crippen molar-refractivity contribution in [2.45, 2.75) is 64.8 Å². The van der Waals surface area contributed by atoms with Gasteiger partial charge in [0.15, 0.2) is 11.4 Å². The van der Waals surface area contributed by atoms with E-state index in [0.717, 1.165) is 44.6 Å². The molecule has 51 heavy (non-hydrogen) atoms. The second kappa shape index (κ2) is 16.4. The van der Waals surface area contributed by atoms with Crippen LogP contribution in [0.1, 0.15) is 54.1 Å². The van der Waals surface area contributed by atoms with Gasteiger partial charge in [0.1, 0.15) is 18.0 Å². The van der Waals surface area contributed by atoms with Crippen LogP contribution in [0.4, 0.5) is 8.78 Å². The molecule has 0 unspecified atom stereocenters. The minimum absolute atomic E-state index is 0.0990. The summed E-state index contributed by atoms with van der Waals surface area (Å²) in [5, 5.41) is 9.09. The van der Waals surface area contributed by atoms with E-state index >= 15 is 0 Å². The molecule has 0 saturated carbocycles. The maximum atomic E-state index is 13.6. The lowest BCUT2D eigenvalue weighted by molar-refractivity contribution is -0.133. The van der Waals surface area contributed by atoms with Crippen LogP contribution in [0, 0.1) is 0 Å². The van der Waals surface area contributed by atoms with Gasteiger partial charge in [0.25, 0.3) is 0 Å². The average molecular weight is 720 g/mol. The average Bonchev–Trinajstić information content (AvgIpc) is 3.73. The molecule has 14 heteroatoms. The first kappa shape index (κ1) is 35.9. The zero-order chi connectivity index (χ0) is 35.9. The molecule has 3 aromatic heterocycles. The Hall–Kier alpha value is -4.88. The van der Waals surface area contributed by atoms with E-state index in [1.807, 2.05) is 17.0 Å². The number of piperidine rings is 1. The van der Waals surface area contributed by atoms with Gasteiger partial charge in [-0.15, -0.1) is 0 Å². The Morgan fingerprint density at radius 1 is 1.12 bits per heavy atom. The molecule has 1 amide bonds. The van der Waals surface area contributed by atoms with Crippen molar-refractivity contribution < 1.29 is 27.8 Å². The van der Waals surface area contributed by atoms with Crippen LogP contribution in [0.25, 0.3) is 16.9 Å². The number of hydrogen-bond donors (Lipinski definition) is 0. The Labute approximate surface area is 299 Å². The number of rotatable bonds is 15. The Balaban J connectivity index is 1.14. The third-order valence-corrected chi connectivity index (χ3v) is 9.28. The molecule has 1 aliphatic rings. The zero-order valence-corrected chi connectivity index (χ0v) is 29.3. The van der Waals surface area contributed by atoms with Crippen LogP contribution in [0.3, 0.4) is 0 Å². The summed E-state index contributed by atoms with van der Waals surface area (Å²) in [6, 6.07) is 14.4. The Kier molecular flexibility index (Phi) is 11.6. The van der Waals surface area contributed by atoms with Crippen LogP contribution in [0.5, 0.6) is 11.5 Å². The molecule has 268 valence electrons. The molecule has 1 saturated heterocycles. The molecule has 4 heterocycles. The van der Waals surface area contributed by atoms with E-state index in [4.69, 9.17) is 21.1 Å². The summed E-state index contributed by atoms with van der Waals surface area (Å²) in [5.74, 6) is 0.281. The third-order valence-electron chi connectivity index (χ3n) is 9.04. The standard InChI is InChI=1S/C37H40ClF2N7O4/c1-3-4-18-50-29-9-6-25(7-10-29)22-44(2)28-12-16-45(17-13-28)34(49)24-46-23-26(19-32(48)31-21-42-47-15-5-14-41-36(31)47)35(43-46)30-20-27(38)8-11-33(30)51-37(39)40/h5-11,14-15,20-21,23,28,37H,3-4,12-13,16-19,22,24H2,1-2H3. The van der Waals surface area contributed by atoms with Crippen molar-refractivity contribution in [3.8, 4) is 22.8 Å². The summed E-state index contributed by atoms with van der Waals surface area (Å²) in [7, 11) is 2.10. The van der Waals surface area contributed by atoms with Gasteiger partial charge in [-0.2, -0.15) is 19.0 Å². The molecule has 5 aromatic rings. The molecule has 0 bridgehead atoms. The van der Waals surface area contributed by atoms with Crippen LogP contribution in [-0.2, 0) is 24.3 Å². The summed E-state index contributed by atoms with van der Waals surface area (Å²) < 4.78 is 40.3. The highest BCUT2D eigenvalue weighted by molar-refractivity contribution is 6.31. The molecular formula is C37H40ClF2N7O4. The highest BCUT2D eigenvalue weighted by atomic mass is 35.5. The fourth-order valence-corrected chi connectivity index (χ4v) is 6.49. The lowest BCUT2D eigenvalue weighted by atomic mass is 10.0. The van der Waals surface area contributed by atoms with Crippen LogP contribution in [-0.4, -0.2) is 85.3 Å². The van der Waals surface area contributed by atoms with E-state index in [1.165, 1.54) is 39.2 Å².